The van der Waals surface area contributed by atoms with Gasteiger partial charge in [0.05, 0.1) is 6.61 Å². The zero-order chi connectivity index (χ0) is 12.9. The fourth-order valence-electron chi connectivity index (χ4n) is 1.85. The van der Waals surface area contributed by atoms with Crippen LogP contribution in [0.4, 0.5) is 0 Å². The average molecular weight is 328 g/mol. The molecule has 17 heavy (non-hydrogen) atoms. The summed E-state index contributed by atoms with van der Waals surface area (Å²) in [5.74, 6) is -1.31. The van der Waals surface area contributed by atoms with Gasteiger partial charge < -0.3 is 4.74 Å². The second kappa shape index (κ2) is 6.70. The zero-order valence-corrected chi connectivity index (χ0v) is 12.2. The van der Waals surface area contributed by atoms with E-state index < -0.39 is 21.7 Å². The van der Waals surface area contributed by atoms with Crippen molar-refractivity contribution in [3.05, 3.63) is 0 Å². The van der Waals surface area contributed by atoms with E-state index in [9.17, 15) is 13.2 Å². The molecule has 7 heteroatoms. The lowest BCUT2D eigenvalue weighted by Gasteiger charge is -2.27. The third kappa shape index (κ3) is 5.35. The van der Waals surface area contributed by atoms with Crippen molar-refractivity contribution in [1.29, 1.82) is 0 Å². The molecule has 1 aliphatic carbocycles. The van der Waals surface area contributed by atoms with Crippen molar-refractivity contribution >= 4 is 31.9 Å². The average Bonchev–Trinajstić information content (AvgIpc) is 2.20. The summed E-state index contributed by atoms with van der Waals surface area (Å²) in [5.41, 5.74) is 0. The van der Waals surface area contributed by atoms with E-state index in [0.717, 1.165) is 25.7 Å². The van der Waals surface area contributed by atoms with Gasteiger partial charge >= 0.3 is 5.97 Å². The van der Waals surface area contributed by atoms with Crippen LogP contribution in [0.15, 0.2) is 0 Å². The summed E-state index contributed by atoms with van der Waals surface area (Å²) in [4.78, 5) is 11.3. The third-order valence-electron chi connectivity index (χ3n) is 2.63. The Morgan fingerprint density at radius 2 is 2.06 bits per heavy atom. The van der Waals surface area contributed by atoms with Crippen LogP contribution in [0.2, 0.25) is 0 Å². The topological polar surface area (TPSA) is 72.5 Å². The van der Waals surface area contributed by atoms with Gasteiger partial charge in [0.15, 0.2) is 5.75 Å². The van der Waals surface area contributed by atoms with Crippen molar-refractivity contribution in [2.45, 2.75) is 43.5 Å². The van der Waals surface area contributed by atoms with Gasteiger partial charge in [-0.05, 0) is 19.8 Å². The first-order valence-electron chi connectivity index (χ1n) is 5.74. The van der Waals surface area contributed by atoms with Gasteiger partial charge in [-0.3, -0.25) is 4.79 Å². The zero-order valence-electron chi connectivity index (χ0n) is 9.82. The van der Waals surface area contributed by atoms with Crippen LogP contribution in [0.5, 0.6) is 0 Å². The predicted molar refractivity (Wildman–Crippen MR) is 68.5 cm³/mol. The van der Waals surface area contributed by atoms with E-state index in [-0.39, 0.29) is 17.5 Å². The van der Waals surface area contributed by atoms with Gasteiger partial charge in [0.2, 0.25) is 10.0 Å². The van der Waals surface area contributed by atoms with Gasteiger partial charge in [0, 0.05) is 10.9 Å². The molecule has 0 saturated heterocycles. The van der Waals surface area contributed by atoms with E-state index in [1.54, 1.807) is 6.92 Å². The molecule has 0 bridgehead atoms. The van der Waals surface area contributed by atoms with Crippen LogP contribution < -0.4 is 4.72 Å². The molecule has 1 N–H and O–H groups in total. The van der Waals surface area contributed by atoms with Crippen molar-refractivity contribution in [3.63, 3.8) is 0 Å². The maximum Gasteiger partial charge on any atom is 0.322 e. The molecule has 0 aromatic heterocycles. The van der Waals surface area contributed by atoms with Crippen LogP contribution in [-0.4, -0.2) is 37.6 Å². The lowest BCUT2D eigenvalue weighted by molar-refractivity contribution is -0.139. The highest BCUT2D eigenvalue weighted by Crippen LogP contribution is 2.24. The molecule has 0 aromatic carbocycles. The van der Waals surface area contributed by atoms with Crippen LogP contribution in [0, 0.1) is 0 Å². The molecule has 0 amide bonds. The van der Waals surface area contributed by atoms with Crippen molar-refractivity contribution in [2.24, 2.45) is 0 Å². The van der Waals surface area contributed by atoms with Crippen LogP contribution in [0.3, 0.4) is 0 Å². The third-order valence-corrected chi connectivity index (χ3v) is 5.00. The van der Waals surface area contributed by atoms with E-state index in [2.05, 4.69) is 25.4 Å². The minimum atomic E-state index is -3.59. The van der Waals surface area contributed by atoms with Gasteiger partial charge in [-0.1, -0.05) is 28.8 Å². The Morgan fingerprint density at radius 3 is 2.65 bits per heavy atom. The Hall–Kier alpha value is -0.140. The quantitative estimate of drug-likeness (QED) is 0.607. The highest BCUT2D eigenvalue weighted by Gasteiger charge is 2.28. The van der Waals surface area contributed by atoms with Gasteiger partial charge in [-0.15, -0.1) is 0 Å². The van der Waals surface area contributed by atoms with Crippen LogP contribution >= 0.6 is 15.9 Å². The van der Waals surface area contributed by atoms with Crippen molar-refractivity contribution < 1.29 is 17.9 Å². The molecule has 5 nitrogen and oxygen atoms in total. The molecule has 100 valence electrons. The van der Waals surface area contributed by atoms with Crippen molar-refractivity contribution in [1.82, 2.24) is 4.72 Å². The van der Waals surface area contributed by atoms with Crippen LogP contribution in [-0.2, 0) is 19.6 Å². The molecule has 1 rings (SSSR count). The first-order chi connectivity index (χ1) is 7.94. The second-order valence-corrected chi connectivity index (χ2v) is 7.02. The summed E-state index contributed by atoms with van der Waals surface area (Å²) in [7, 11) is -3.59. The van der Waals surface area contributed by atoms with Gasteiger partial charge in [0.1, 0.15) is 0 Å². The normalized spacial score (nSPS) is 25.5. The molecular formula is C10H18BrNO4S. The Balaban J connectivity index is 2.50. The largest absolute Gasteiger partial charge is 0.465 e. The molecule has 1 aliphatic rings. The molecule has 2 unspecified atom stereocenters. The number of alkyl halides is 1. The van der Waals surface area contributed by atoms with Crippen molar-refractivity contribution in [2.75, 3.05) is 12.4 Å². The first kappa shape index (κ1) is 14.9. The summed E-state index contributed by atoms with van der Waals surface area (Å²) in [5, 5.41) is 0. The molecule has 0 spiro atoms. The fourth-order valence-corrected chi connectivity index (χ4v) is 3.96. The molecule has 0 aromatic rings. The van der Waals surface area contributed by atoms with E-state index >= 15 is 0 Å². The summed E-state index contributed by atoms with van der Waals surface area (Å²) in [6.45, 7) is 1.84. The van der Waals surface area contributed by atoms with Gasteiger partial charge in [-0.25, -0.2) is 13.1 Å². The Kier molecular flexibility index (Phi) is 5.88. The Labute approximate surface area is 110 Å². The smallest absolute Gasteiger partial charge is 0.322 e. The highest BCUT2D eigenvalue weighted by atomic mass is 79.9. The first-order valence-corrected chi connectivity index (χ1v) is 8.31. The summed E-state index contributed by atoms with van der Waals surface area (Å²) in [6, 6.07) is -0.122. The molecule has 2 atom stereocenters. The van der Waals surface area contributed by atoms with E-state index in [1.165, 1.54) is 0 Å². The van der Waals surface area contributed by atoms with Gasteiger partial charge in [0.25, 0.3) is 0 Å². The maximum atomic E-state index is 11.7. The monoisotopic (exact) mass is 327 g/mol. The van der Waals surface area contributed by atoms with Gasteiger partial charge in [-0.2, -0.15) is 0 Å². The predicted octanol–water partition coefficient (Wildman–Crippen LogP) is 1.17. The van der Waals surface area contributed by atoms with E-state index in [1.807, 2.05) is 0 Å². The number of nitrogens with one attached hydrogen (secondary N) is 1. The number of esters is 1. The SMILES string of the molecule is CCOC(=O)CS(=O)(=O)NC1CCCCC1Br. The number of hydrogen-bond donors (Lipinski definition) is 1. The summed E-state index contributed by atoms with van der Waals surface area (Å²) in [6.07, 6.45) is 3.87. The number of carbonyl (C=O) groups excluding carboxylic acids is 1. The Morgan fingerprint density at radius 1 is 1.41 bits per heavy atom. The van der Waals surface area contributed by atoms with Crippen molar-refractivity contribution in [3.8, 4) is 0 Å². The number of rotatable bonds is 5. The number of sulfonamides is 1. The number of carbonyl (C=O) groups is 1. The van der Waals surface area contributed by atoms with E-state index in [0.29, 0.717) is 0 Å². The van der Waals surface area contributed by atoms with Crippen LogP contribution in [0.25, 0.3) is 0 Å². The fraction of sp³-hybridized carbons (Fsp3) is 0.900. The summed E-state index contributed by atoms with van der Waals surface area (Å²) < 4.78 is 30.6. The summed E-state index contributed by atoms with van der Waals surface area (Å²) >= 11 is 3.46. The molecular weight excluding hydrogens is 310 g/mol. The highest BCUT2D eigenvalue weighted by molar-refractivity contribution is 9.09. The van der Waals surface area contributed by atoms with E-state index in [4.69, 9.17) is 0 Å². The Bertz CT molecular complexity index is 357. The van der Waals surface area contributed by atoms with Crippen LogP contribution in [0.1, 0.15) is 32.6 Å². The minimum absolute atomic E-state index is 0.122. The molecule has 1 saturated carbocycles. The number of ether oxygens (including phenoxy) is 1. The second-order valence-electron chi connectivity index (χ2n) is 4.09. The number of halogens is 1. The lowest BCUT2D eigenvalue weighted by Crippen LogP contribution is -2.44. The maximum absolute atomic E-state index is 11.7. The molecule has 0 aliphatic heterocycles. The minimum Gasteiger partial charge on any atom is -0.465 e. The number of hydrogen-bond acceptors (Lipinski definition) is 4. The molecule has 0 radical (unpaired) electrons. The lowest BCUT2D eigenvalue weighted by atomic mass is 9.96. The standard InChI is InChI=1S/C10H18BrNO4S/c1-2-16-10(13)7-17(14,15)12-9-6-4-3-5-8(9)11/h8-9,12H,2-7H2,1H3. The molecule has 0 heterocycles. The molecule has 1 fully saturated rings.